The molecule has 28 heavy (non-hydrogen) atoms. The fourth-order valence-corrected chi connectivity index (χ4v) is 4.42. The SMILES string of the molecule is Cc1cc(NC(=O)c2c(Cl)cccc2Cl)c(C(=N)C2C=CC(C(=O)O)=CC2)s1. The summed E-state index contributed by atoms with van der Waals surface area (Å²) in [7, 11) is 0. The van der Waals surface area contributed by atoms with E-state index in [4.69, 9.17) is 33.7 Å². The maximum absolute atomic E-state index is 12.7. The number of carboxylic acid groups (broad SMARTS) is 1. The van der Waals surface area contributed by atoms with Gasteiger partial charge in [0.05, 0.1) is 37.5 Å². The largest absolute Gasteiger partial charge is 0.478 e. The van der Waals surface area contributed by atoms with Gasteiger partial charge in [0.2, 0.25) is 0 Å². The van der Waals surface area contributed by atoms with Gasteiger partial charge >= 0.3 is 5.97 Å². The van der Waals surface area contributed by atoms with Crippen molar-refractivity contribution in [1.82, 2.24) is 0 Å². The molecule has 0 bridgehead atoms. The summed E-state index contributed by atoms with van der Waals surface area (Å²) in [6.07, 6.45) is 5.23. The maximum atomic E-state index is 12.7. The van der Waals surface area contributed by atoms with Crippen molar-refractivity contribution in [3.63, 3.8) is 0 Å². The Kier molecular flexibility index (Phi) is 6.03. The number of hydrogen-bond acceptors (Lipinski definition) is 4. The van der Waals surface area contributed by atoms with Crippen LogP contribution in [0.2, 0.25) is 10.0 Å². The lowest BCUT2D eigenvalue weighted by Crippen LogP contribution is -2.18. The first-order valence-corrected chi connectivity index (χ1v) is 9.91. The number of carbonyl (C=O) groups is 2. The second-order valence-corrected chi connectivity index (χ2v) is 8.30. The zero-order valence-corrected chi connectivity index (χ0v) is 17.1. The highest BCUT2D eigenvalue weighted by atomic mass is 35.5. The van der Waals surface area contributed by atoms with Crippen LogP contribution in [-0.2, 0) is 4.79 Å². The number of amides is 1. The number of aliphatic carboxylic acids is 1. The molecule has 0 aliphatic heterocycles. The Morgan fingerprint density at radius 2 is 1.96 bits per heavy atom. The van der Waals surface area contributed by atoms with Crippen LogP contribution in [0.5, 0.6) is 0 Å². The Bertz CT molecular complexity index is 1020. The molecule has 1 aromatic heterocycles. The zero-order valence-electron chi connectivity index (χ0n) is 14.8. The van der Waals surface area contributed by atoms with Gasteiger partial charge in [-0.1, -0.05) is 47.5 Å². The molecule has 1 amide bonds. The molecular formula is C20H16Cl2N2O3S. The maximum Gasteiger partial charge on any atom is 0.335 e. The van der Waals surface area contributed by atoms with Crippen molar-refractivity contribution < 1.29 is 14.7 Å². The standard InChI is InChI=1S/C20H16Cl2N2O3S/c1-10-9-15(24-19(25)16-13(21)3-2-4-14(16)22)18(28-10)17(23)11-5-7-12(8-6-11)20(26)27/h2-5,7-9,11,23H,6H2,1H3,(H,24,25)(H,26,27). The average molecular weight is 435 g/mol. The minimum absolute atomic E-state index is 0.179. The van der Waals surface area contributed by atoms with Crippen LogP contribution < -0.4 is 5.32 Å². The van der Waals surface area contributed by atoms with E-state index >= 15 is 0 Å². The number of thiophene rings is 1. The van der Waals surface area contributed by atoms with Gasteiger partial charge in [0.1, 0.15) is 0 Å². The molecule has 0 fully saturated rings. The fraction of sp³-hybridized carbons (Fsp3) is 0.150. The predicted molar refractivity (Wildman–Crippen MR) is 113 cm³/mol. The number of carbonyl (C=O) groups excluding carboxylic acids is 1. The summed E-state index contributed by atoms with van der Waals surface area (Å²) >= 11 is 13.6. The molecule has 1 unspecified atom stereocenters. The summed E-state index contributed by atoms with van der Waals surface area (Å²) in [5.74, 6) is -1.70. The van der Waals surface area contributed by atoms with Crippen LogP contribution in [0.1, 0.15) is 26.5 Å². The van der Waals surface area contributed by atoms with Crippen LogP contribution >= 0.6 is 34.5 Å². The number of aryl methyl sites for hydroxylation is 1. The monoisotopic (exact) mass is 434 g/mol. The molecule has 0 spiro atoms. The van der Waals surface area contributed by atoms with Crippen molar-refractivity contribution in [3.05, 3.63) is 73.4 Å². The van der Waals surface area contributed by atoms with Gasteiger partial charge in [-0.2, -0.15) is 0 Å². The van der Waals surface area contributed by atoms with Gasteiger partial charge in [0.15, 0.2) is 0 Å². The molecule has 1 aliphatic rings. The van der Waals surface area contributed by atoms with Crippen LogP contribution in [0.3, 0.4) is 0 Å². The van der Waals surface area contributed by atoms with E-state index in [1.807, 2.05) is 6.92 Å². The smallest absolute Gasteiger partial charge is 0.335 e. The van der Waals surface area contributed by atoms with Crippen LogP contribution in [0, 0.1) is 18.3 Å². The first-order valence-electron chi connectivity index (χ1n) is 8.34. The molecule has 1 heterocycles. The second-order valence-electron chi connectivity index (χ2n) is 6.23. The third-order valence-corrected chi connectivity index (χ3v) is 5.97. The van der Waals surface area contributed by atoms with Gasteiger partial charge in [-0.3, -0.25) is 4.79 Å². The number of halogens is 2. The summed E-state index contributed by atoms with van der Waals surface area (Å²) in [6.45, 7) is 1.89. The number of hydrogen-bond donors (Lipinski definition) is 3. The molecule has 1 aromatic carbocycles. The summed E-state index contributed by atoms with van der Waals surface area (Å²) in [6, 6.07) is 6.63. The summed E-state index contributed by atoms with van der Waals surface area (Å²) < 4.78 is 0. The molecule has 8 heteroatoms. The van der Waals surface area contributed by atoms with Gasteiger partial charge < -0.3 is 15.8 Å². The number of carboxylic acids is 1. The predicted octanol–water partition coefficient (Wildman–Crippen LogP) is 5.57. The molecule has 0 saturated carbocycles. The van der Waals surface area contributed by atoms with E-state index < -0.39 is 11.9 Å². The quantitative estimate of drug-likeness (QED) is 0.537. The van der Waals surface area contributed by atoms with Crippen LogP contribution in [0.4, 0.5) is 5.69 Å². The van der Waals surface area contributed by atoms with Crippen molar-refractivity contribution in [2.45, 2.75) is 13.3 Å². The van der Waals surface area contributed by atoms with Gasteiger partial charge in [-0.25, -0.2) is 4.79 Å². The number of nitrogens with one attached hydrogen (secondary N) is 2. The van der Waals surface area contributed by atoms with Gasteiger partial charge in [-0.05, 0) is 31.5 Å². The number of allylic oxidation sites excluding steroid dienone is 2. The van der Waals surface area contributed by atoms with Crippen LogP contribution in [0.15, 0.2) is 48.1 Å². The zero-order chi connectivity index (χ0) is 20.4. The normalized spacial score (nSPS) is 15.8. The molecule has 3 rings (SSSR count). The molecule has 1 atom stereocenters. The lowest BCUT2D eigenvalue weighted by Gasteiger charge is -2.17. The van der Waals surface area contributed by atoms with E-state index in [2.05, 4.69) is 5.32 Å². The highest BCUT2D eigenvalue weighted by Crippen LogP contribution is 2.33. The first-order chi connectivity index (χ1) is 13.3. The van der Waals surface area contributed by atoms with E-state index in [9.17, 15) is 9.59 Å². The lowest BCUT2D eigenvalue weighted by molar-refractivity contribution is -0.132. The third-order valence-electron chi connectivity index (χ3n) is 4.26. The Morgan fingerprint density at radius 3 is 2.54 bits per heavy atom. The van der Waals surface area contributed by atoms with Crippen molar-refractivity contribution in [2.75, 3.05) is 5.32 Å². The third kappa shape index (κ3) is 4.19. The van der Waals surface area contributed by atoms with Crippen LogP contribution in [0.25, 0.3) is 0 Å². The van der Waals surface area contributed by atoms with E-state index in [0.29, 0.717) is 22.7 Å². The highest BCUT2D eigenvalue weighted by Gasteiger charge is 2.23. The van der Waals surface area contributed by atoms with Crippen molar-refractivity contribution >= 4 is 57.8 Å². The average Bonchev–Trinajstić information content (AvgIpc) is 3.01. The number of benzene rings is 1. The molecule has 2 aromatic rings. The topological polar surface area (TPSA) is 90.3 Å². The summed E-state index contributed by atoms with van der Waals surface area (Å²) in [5.41, 5.74) is 1.22. The van der Waals surface area contributed by atoms with Gasteiger partial charge in [-0.15, -0.1) is 11.3 Å². The van der Waals surface area contributed by atoms with Crippen molar-refractivity contribution in [3.8, 4) is 0 Å². The molecular weight excluding hydrogens is 419 g/mol. The van der Waals surface area contributed by atoms with Gasteiger partial charge in [0.25, 0.3) is 5.91 Å². The molecule has 1 aliphatic carbocycles. The lowest BCUT2D eigenvalue weighted by atomic mass is 9.91. The van der Waals surface area contributed by atoms with E-state index in [-0.39, 0.29) is 27.1 Å². The number of rotatable bonds is 5. The molecule has 0 radical (unpaired) electrons. The van der Waals surface area contributed by atoms with Crippen molar-refractivity contribution in [2.24, 2.45) is 5.92 Å². The minimum atomic E-state index is -0.988. The second kappa shape index (κ2) is 8.31. The van der Waals surface area contributed by atoms with Crippen LogP contribution in [-0.4, -0.2) is 22.7 Å². The minimum Gasteiger partial charge on any atom is -0.478 e. The van der Waals surface area contributed by atoms with Crippen molar-refractivity contribution in [1.29, 1.82) is 5.41 Å². The van der Waals surface area contributed by atoms with Gasteiger partial charge in [0, 0.05) is 10.8 Å². The summed E-state index contributed by atoms with van der Waals surface area (Å²) in [5, 5.41) is 20.9. The van der Waals surface area contributed by atoms with E-state index in [1.165, 1.54) is 17.4 Å². The van der Waals surface area contributed by atoms with E-state index in [1.54, 1.807) is 36.4 Å². The number of anilines is 1. The summed E-state index contributed by atoms with van der Waals surface area (Å²) in [4.78, 5) is 25.3. The Morgan fingerprint density at radius 1 is 1.29 bits per heavy atom. The first kappa shape index (κ1) is 20.3. The molecule has 144 valence electrons. The van der Waals surface area contributed by atoms with E-state index in [0.717, 1.165) is 4.88 Å². The molecule has 3 N–H and O–H groups in total. The Balaban J connectivity index is 1.84. The molecule has 0 saturated heterocycles. The highest BCUT2D eigenvalue weighted by molar-refractivity contribution is 7.14. The fourth-order valence-electron chi connectivity index (χ4n) is 2.87. The molecule has 5 nitrogen and oxygen atoms in total. The Hall–Kier alpha value is -2.41. The Labute approximate surface area is 175 Å².